The van der Waals surface area contributed by atoms with Crippen molar-refractivity contribution in [3.8, 4) is 0 Å². The van der Waals surface area contributed by atoms with Crippen LogP contribution in [0.25, 0.3) is 0 Å². The zero-order valence-corrected chi connectivity index (χ0v) is 12.5. The van der Waals surface area contributed by atoms with Crippen LogP contribution in [0.1, 0.15) is 17.5 Å². The van der Waals surface area contributed by atoms with Gasteiger partial charge in [0.2, 0.25) is 10.0 Å². The topological polar surface area (TPSA) is 72.2 Å². The molecular weight excluding hydrogens is 300 g/mol. The molecule has 5 nitrogen and oxygen atoms in total. The van der Waals surface area contributed by atoms with Gasteiger partial charge in [0.05, 0.1) is 11.1 Å². The van der Waals surface area contributed by atoms with E-state index in [1.54, 1.807) is 31.5 Å². The molecule has 1 heterocycles. The summed E-state index contributed by atoms with van der Waals surface area (Å²) in [5, 5.41) is 3.99. The molecule has 0 amide bonds. The summed E-state index contributed by atoms with van der Waals surface area (Å²) in [6.07, 6.45) is 4.55. The van der Waals surface area contributed by atoms with Crippen LogP contribution in [0.3, 0.4) is 0 Å². The van der Waals surface area contributed by atoms with Gasteiger partial charge in [-0.25, -0.2) is 13.1 Å². The van der Waals surface area contributed by atoms with Crippen molar-refractivity contribution in [3.05, 3.63) is 46.8 Å². The Morgan fingerprint density at radius 2 is 2.20 bits per heavy atom. The van der Waals surface area contributed by atoms with Gasteiger partial charge in [0.25, 0.3) is 0 Å². The Morgan fingerprint density at radius 1 is 1.40 bits per heavy atom. The van der Waals surface area contributed by atoms with Gasteiger partial charge in [-0.2, -0.15) is 0 Å². The standard InChI is InChI=1S/C13H15ClN2O3S/c1-10-4-5-12(14)7-13(10)20(17,18)16-6-2-3-11-8-15-19-9-11/h4-5,7-9,16H,2-3,6H2,1H3. The third-order valence-electron chi connectivity index (χ3n) is 2.86. The van der Waals surface area contributed by atoms with Crippen molar-refractivity contribution in [2.75, 3.05) is 6.54 Å². The Morgan fingerprint density at radius 3 is 2.90 bits per heavy atom. The Labute approximate surface area is 123 Å². The highest BCUT2D eigenvalue weighted by atomic mass is 35.5. The number of sulfonamides is 1. The number of rotatable bonds is 6. The van der Waals surface area contributed by atoms with Crippen LogP contribution < -0.4 is 4.72 Å². The van der Waals surface area contributed by atoms with Crippen molar-refractivity contribution in [2.45, 2.75) is 24.7 Å². The van der Waals surface area contributed by atoms with Gasteiger partial charge in [-0.1, -0.05) is 22.8 Å². The molecule has 20 heavy (non-hydrogen) atoms. The van der Waals surface area contributed by atoms with Crippen LogP contribution in [0.2, 0.25) is 5.02 Å². The summed E-state index contributed by atoms with van der Waals surface area (Å²) in [4.78, 5) is 0.218. The van der Waals surface area contributed by atoms with E-state index in [1.165, 1.54) is 6.07 Å². The first kappa shape index (κ1) is 15.0. The molecule has 0 fully saturated rings. The Kier molecular flexibility index (Phi) is 4.80. The van der Waals surface area contributed by atoms with E-state index in [-0.39, 0.29) is 4.90 Å². The van der Waals surface area contributed by atoms with Crippen LogP contribution in [0.15, 0.2) is 40.1 Å². The molecule has 0 saturated heterocycles. The molecule has 0 bridgehead atoms. The molecule has 0 aliphatic rings. The van der Waals surface area contributed by atoms with Gasteiger partial charge in [0.1, 0.15) is 6.26 Å². The van der Waals surface area contributed by atoms with Crippen LogP contribution in [0.5, 0.6) is 0 Å². The van der Waals surface area contributed by atoms with Gasteiger partial charge in [-0.15, -0.1) is 0 Å². The largest absolute Gasteiger partial charge is 0.364 e. The van der Waals surface area contributed by atoms with E-state index in [4.69, 9.17) is 16.1 Å². The van der Waals surface area contributed by atoms with E-state index in [0.717, 1.165) is 5.56 Å². The number of aryl methyl sites for hydroxylation is 2. The number of nitrogens with one attached hydrogen (secondary N) is 1. The van der Waals surface area contributed by atoms with Crippen molar-refractivity contribution in [3.63, 3.8) is 0 Å². The molecule has 1 aromatic heterocycles. The Hall–Kier alpha value is -1.37. The molecule has 108 valence electrons. The fourth-order valence-corrected chi connectivity index (χ4v) is 3.37. The highest BCUT2D eigenvalue weighted by molar-refractivity contribution is 7.89. The summed E-state index contributed by atoms with van der Waals surface area (Å²) in [5.74, 6) is 0. The van der Waals surface area contributed by atoms with Gasteiger partial charge in [0, 0.05) is 17.1 Å². The normalized spacial score (nSPS) is 11.7. The lowest BCUT2D eigenvalue weighted by molar-refractivity contribution is 0.418. The first-order valence-electron chi connectivity index (χ1n) is 6.13. The predicted octanol–water partition coefficient (Wildman–Crippen LogP) is 2.55. The smallest absolute Gasteiger partial charge is 0.240 e. The molecular formula is C13H15ClN2O3S. The lowest BCUT2D eigenvalue weighted by Gasteiger charge is -2.09. The number of hydrogen-bond donors (Lipinski definition) is 1. The summed E-state index contributed by atoms with van der Waals surface area (Å²) in [7, 11) is -3.53. The molecule has 0 aliphatic carbocycles. The van der Waals surface area contributed by atoms with Crippen molar-refractivity contribution >= 4 is 21.6 Å². The maximum Gasteiger partial charge on any atom is 0.240 e. The number of hydrogen-bond acceptors (Lipinski definition) is 4. The predicted molar refractivity (Wildman–Crippen MR) is 76.2 cm³/mol. The van der Waals surface area contributed by atoms with Crippen molar-refractivity contribution in [2.24, 2.45) is 0 Å². The highest BCUT2D eigenvalue weighted by Crippen LogP contribution is 2.19. The zero-order chi connectivity index (χ0) is 14.6. The van der Waals surface area contributed by atoms with Crippen LogP contribution in [0, 0.1) is 6.92 Å². The van der Waals surface area contributed by atoms with Gasteiger partial charge in [-0.3, -0.25) is 0 Å². The second kappa shape index (κ2) is 6.39. The lowest BCUT2D eigenvalue weighted by Crippen LogP contribution is -2.25. The number of halogens is 1. The van der Waals surface area contributed by atoms with Crippen LogP contribution in [0.4, 0.5) is 0 Å². The van der Waals surface area contributed by atoms with Crippen LogP contribution >= 0.6 is 11.6 Å². The molecule has 0 atom stereocenters. The summed E-state index contributed by atoms with van der Waals surface area (Å²) in [6, 6.07) is 4.81. The van der Waals surface area contributed by atoms with Gasteiger partial charge < -0.3 is 4.52 Å². The first-order chi connectivity index (χ1) is 9.49. The summed E-state index contributed by atoms with van der Waals surface area (Å²) in [6.45, 7) is 2.08. The maximum absolute atomic E-state index is 12.2. The number of nitrogens with zero attached hydrogens (tertiary/aromatic N) is 1. The molecule has 0 aliphatic heterocycles. The molecule has 0 spiro atoms. The first-order valence-corrected chi connectivity index (χ1v) is 7.99. The van der Waals surface area contributed by atoms with E-state index in [9.17, 15) is 8.42 Å². The molecule has 2 rings (SSSR count). The second-order valence-electron chi connectivity index (χ2n) is 4.44. The molecule has 1 N–H and O–H groups in total. The number of benzene rings is 1. The fraction of sp³-hybridized carbons (Fsp3) is 0.308. The summed E-state index contributed by atoms with van der Waals surface area (Å²) >= 11 is 5.84. The minimum atomic E-state index is -3.53. The minimum absolute atomic E-state index is 0.218. The zero-order valence-electron chi connectivity index (χ0n) is 11.0. The van der Waals surface area contributed by atoms with Crippen LogP contribution in [-0.2, 0) is 16.4 Å². The van der Waals surface area contributed by atoms with E-state index in [1.807, 2.05) is 0 Å². The van der Waals surface area contributed by atoms with Gasteiger partial charge in [-0.05, 0) is 37.5 Å². The SMILES string of the molecule is Cc1ccc(Cl)cc1S(=O)(=O)NCCCc1cnoc1. The lowest BCUT2D eigenvalue weighted by atomic mass is 10.2. The monoisotopic (exact) mass is 314 g/mol. The Balaban J connectivity index is 1.95. The van der Waals surface area contributed by atoms with Gasteiger partial charge >= 0.3 is 0 Å². The minimum Gasteiger partial charge on any atom is -0.364 e. The summed E-state index contributed by atoms with van der Waals surface area (Å²) in [5.41, 5.74) is 1.61. The highest BCUT2D eigenvalue weighted by Gasteiger charge is 2.16. The molecule has 0 radical (unpaired) electrons. The van der Waals surface area contributed by atoms with Crippen LogP contribution in [-0.4, -0.2) is 20.1 Å². The summed E-state index contributed by atoms with van der Waals surface area (Å²) < 4.78 is 31.6. The average Bonchev–Trinajstić information content (AvgIpc) is 2.90. The second-order valence-corrected chi connectivity index (χ2v) is 6.62. The third-order valence-corrected chi connectivity index (χ3v) is 4.70. The quantitative estimate of drug-likeness (QED) is 0.832. The fourth-order valence-electron chi connectivity index (χ4n) is 1.79. The van der Waals surface area contributed by atoms with Crippen molar-refractivity contribution < 1.29 is 12.9 Å². The molecule has 7 heteroatoms. The molecule has 0 unspecified atom stereocenters. The van der Waals surface area contributed by atoms with E-state index < -0.39 is 10.0 Å². The molecule has 2 aromatic rings. The van der Waals surface area contributed by atoms with Gasteiger partial charge in [0.15, 0.2) is 0 Å². The van der Waals surface area contributed by atoms with E-state index in [2.05, 4.69) is 9.88 Å². The maximum atomic E-state index is 12.2. The molecule has 1 aromatic carbocycles. The van der Waals surface area contributed by atoms with Crippen molar-refractivity contribution in [1.29, 1.82) is 0 Å². The Bertz CT molecular complexity index is 669. The average molecular weight is 315 g/mol. The number of aromatic nitrogens is 1. The van der Waals surface area contributed by atoms with E-state index >= 15 is 0 Å². The third kappa shape index (κ3) is 3.82. The molecule has 0 saturated carbocycles. The van der Waals surface area contributed by atoms with E-state index in [0.29, 0.717) is 30.0 Å². The van der Waals surface area contributed by atoms with Crippen molar-refractivity contribution in [1.82, 2.24) is 9.88 Å².